The van der Waals surface area contributed by atoms with Crippen molar-refractivity contribution in [1.29, 1.82) is 0 Å². The van der Waals surface area contributed by atoms with Crippen molar-refractivity contribution in [3.8, 4) is 11.5 Å². The number of ketones is 1. The Morgan fingerprint density at radius 1 is 1.23 bits per heavy atom. The minimum Gasteiger partial charge on any atom is -0.507 e. The Bertz CT molecular complexity index is 753. The lowest BCUT2D eigenvalue weighted by atomic mass is 9.97. The van der Waals surface area contributed by atoms with Crippen molar-refractivity contribution in [2.45, 2.75) is 75.9 Å². The van der Waals surface area contributed by atoms with Gasteiger partial charge in [-0.05, 0) is 51.2 Å². The molecule has 4 atom stereocenters. The summed E-state index contributed by atoms with van der Waals surface area (Å²) in [6, 6.07) is 3.01. The summed E-state index contributed by atoms with van der Waals surface area (Å²) < 4.78 is 16.1. The van der Waals surface area contributed by atoms with E-state index < -0.39 is 35.3 Å². The van der Waals surface area contributed by atoms with Gasteiger partial charge in [-0.25, -0.2) is 4.79 Å². The number of hydrogen-bond acceptors (Lipinski definition) is 9. The van der Waals surface area contributed by atoms with Crippen LogP contribution in [0.15, 0.2) is 12.1 Å². The summed E-state index contributed by atoms with van der Waals surface area (Å²) >= 11 is 4.36. The number of phenolic OH excluding ortho intramolecular Hbond substituents is 1. The van der Waals surface area contributed by atoms with Crippen LogP contribution in [-0.4, -0.2) is 64.0 Å². The Labute approximate surface area is 187 Å². The molecule has 9 heteroatoms. The molecule has 0 spiro atoms. The van der Waals surface area contributed by atoms with Crippen LogP contribution in [-0.2, 0) is 20.7 Å². The van der Waals surface area contributed by atoms with Gasteiger partial charge in [-0.3, -0.25) is 4.79 Å². The van der Waals surface area contributed by atoms with Gasteiger partial charge in [0.25, 0.3) is 0 Å². The molecule has 174 valence electrons. The maximum absolute atomic E-state index is 12.8. The van der Waals surface area contributed by atoms with Gasteiger partial charge in [-0.15, -0.1) is 0 Å². The lowest BCUT2D eigenvalue weighted by Crippen LogP contribution is -2.35. The molecule has 31 heavy (non-hydrogen) atoms. The zero-order valence-electron chi connectivity index (χ0n) is 18.0. The van der Waals surface area contributed by atoms with Crippen LogP contribution >= 0.6 is 12.6 Å². The molecule has 0 saturated heterocycles. The standard InChI is InChI=1S/C22H32O8S/c1-3-28-12-29-15-9-14-6-4-5-7-17(23)21(26)19(25)11-16(31)8-13(2)30-22(27)20(14)18(24)10-15/h9-10,13,16-17,21,23-24,26,31H,3-8,11-12H2,1-2H3/t13-,16+,17-,21-/m0/s1. The van der Waals surface area contributed by atoms with E-state index in [1.165, 1.54) is 6.07 Å². The Morgan fingerprint density at radius 3 is 2.68 bits per heavy atom. The van der Waals surface area contributed by atoms with Crippen LogP contribution in [0.5, 0.6) is 11.5 Å². The molecule has 8 nitrogen and oxygen atoms in total. The largest absolute Gasteiger partial charge is 0.507 e. The molecule has 0 fully saturated rings. The molecule has 1 aliphatic heterocycles. The third-order valence-electron chi connectivity index (χ3n) is 5.13. The first-order chi connectivity index (χ1) is 14.7. The minimum atomic E-state index is -1.47. The predicted molar refractivity (Wildman–Crippen MR) is 117 cm³/mol. The number of Topliss-reactive ketones (excluding diaryl/α,β-unsaturated/α-hetero) is 1. The number of aliphatic hydroxyl groups is 2. The highest BCUT2D eigenvalue weighted by Crippen LogP contribution is 2.31. The van der Waals surface area contributed by atoms with E-state index in [1.54, 1.807) is 13.0 Å². The van der Waals surface area contributed by atoms with Gasteiger partial charge in [0.05, 0.1) is 6.10 Å². The summed E-state index contributed by atoms with van der Waals surface area (Å²) in [6.07, 6.45) is -1.29. The molecule has 3 N–H and O–H groups in total. The lowest BCUT2D eigenvalue weighted by Gasteiger charge is -2.20. The van der Waals surface area contributed by atoms with Gasteiger partial charge in [-0.2, -0.15) is 12.6 Å². The van der Waals surface area contributed by atoms with E-state index in [9.17, 15) is 24.9 Å². The number of esters is 1. The number of carbonyl (C=O) groups is 2. The van der Waals surface area contributed by atoms with E-state index in [0.717, 1.165) is 0 Å². The van der Waals surface area contributed by atoms with Crippen molar-refractivity contribution in [2.75, 3.05) is 13.4 Å². The molecule has 0 radical (unpaired) electrons. The molecule has 0 aliphatic carbocycles. The summed E-state index contributed by atoms with van der Waals surface area (Å²) in [5.41, 5.74) is 0.616. The van der Waals surface area contributed by atoms with Gasteiger partial charge in [0.2, 0.25) is 0 Å². The molecule has 2 rings (SSSR count). The average Bonchev–Trinajstić information content (AvgIpc) is 2.69. The number of thiol groups is 1. The number of phenols is 1. The third kappa shape index (κ3) is 7.68. The first kappa shape index (κ1) is 25.5. The zero-order valence-corrected chi connectivity index (χ0v) is 18.8. The molecule has 1 aromatic rings. The number of aliphatic hydroxyl groups excluding tert-OH is 2. The second-order valence-corrected chi connectivity index (χ2v) is 8.50. The van der Waals surface area contributed by atoms with Gasteiger partial charge < -0.3 is 29.5 Å². The van der Waals surface area contributed by atoms with Crippen molar-refractivity contribution in [2.24, 2.45) is 0 Å². The first-order valence-electron chi connectivity index (χ1n) is 10.6. The topological polar surface area (TPSA) is 123 Å². The number of fused-ring (bicyclic) bond motifs is 1. The fourth-order valence-corrected chi connectivity index (χ4v) is 3.99. The lowest BCUT2D eigenvalue weighted by molar-refractivity contribution is -0.133. The van der Waals surface area contributed by atoms with Crippen LogP contribution in [0.1, 0.15) is 61.9 Å². The quantitative estimate of drug-likeness (QED) is 0.236. The fourth-order valence-electron chi connectivity index (χ4n) is 3.52. The number of aryl methyl sites for hydroxylation is 1. The number of benzene rings is 1. The Hall–Kier alpha value is -1.81. The van der Waals surface area contributed by atoms with Crippen molar-refractivity contribution in [1.82, 2.24) is 0 Å². The fraction of sp³-hybridized carbons (Fsp3) is 0.636. The van der Waals surface area contributed by atoms with Gasteiger partial charge in [0.15, 0.2) is 12.6 Å². The monoisotopic (exact) mass is 456 g/mol. The van der Waals surface area contributed by atoms with Crippen LogP contribution in [0.2, 0.25) is 0 Å². The van der Waals surface area contributed by atoms with E-state index in [-0.39, 0.29) is 37.4 Å². The molecule has 0 bridgehead atoms. The normalized spacial score (nSPS) is 26.4. The van der Waals surface area contributed by atoms with Crippen molar-refractivity contribution in [3.05, 3.63) is 23.3 Å². The molecule has 0 saturated carbocycles. The number of aromatic hydroxyl groups is 1. The molecule has 1 heterocycles. The highest BCUT2D eigenvalue weighted by Gasteiger charge is 2.28. The summed E-state index contributed by atoms with van der Waals surface area (Å²) in [4.78, 5) is 25.0. The summed E-state index contributed by atoms with van der Waals surface area (Å²) in [5.74, 6) is -1.05. The summed E-state index contributed by atoms with van der Waals surface area (Å²) in [7, 11) is 0. The molecule has 0 unspecified atom stereocenters. The minimum absolute atomic E-state index is 0.0116. The zero-order chi connectivity index (χ0) is 23.0. The maximum atomic E-state index is 12.8. The molecular formula is C22H32O8S. The number of hydrogen-bond donors (Lipinski definition) is 4. The Kier molecular flexibility index (Phi) is 10.1. The van der Waals surface area contributed by atoms with E-state index in [1.807, 2.05) is 6.92 Å². The number of cyclic esters (lactones) is 1. The molecule has 1 aromatic carbocycles. The Balaban J connectivity index is 2.28. The number of carbonyl (C=O) groups excluding carboxylic acids is 2. The third-order valence-corrected chi connectivity index (χ3v) is 5.52. The van der Waals surface area contributed by atoms with E-state index in [4.69, 9.17) is 14.2 Å². The second-order valence-electron chi connectivity index (χ2n) is 7.77. The van der Waals surface area contributed by atoms with Crippen LogP contribution in [0.3, 0.4) is 0 Å². The van der Waals surface area contributed by atoms with Gasteiger partial charge in [0.1, 0.15) is 29.3 Å². The van der Waals surface area contributed by atoms with Crippen LogP contribution in [0.25, 0.3) is 0 Å². The molecule has 1 aliphatic rings. The van der Waals surface area contributed by atoms with Crippen molar-refractivity contribution < 1.29 is 39.1 Å². The SMILES string of the molecule is CCOCOc1cc(O)c2c(c1)CCCC[C@H](O)[C@H](O)C(=O)C[C@H](S)C[C@H](C)OC2=O. The van der Waals surface area contributed by atoms with Crippen molar-refractivity contribution >= 4 is 24.4 Å². The van der Waals surface area contributed by atoms with Gasteiger partial charge in [0, 0.05) is 24.3 Å². The molecular weight excluding hydrogens is 424 g/mol. The molecule has 0 aromatic heterocycles. The molecule has 0 amide bonds. The Morgan fingerprint density at radius 2 is 1.97 bits per heavy atom. The summed E-state index contributed by atoms with van der Waals surface area (Å²) in [5, 5.41) is 30.3. The summed E-state index contributed by atoms with van der Waals surface area (Å²) in [6.45, 7) is 3.99. The van der Waals surface area contributed by atoms with Crippen LogP contribution in [0.4, 0.5) is 0 Å². The van der Waals surface area contributed by atoms with Gasteiger partial charge in [-0.1, -0.05) is 6.42 Å². The van der Waals surface area contributed by atoms with Crippen LogP contribution in [0, 0.1) is 0 Å². The van der Waals surface area contributed by atoms with Crippen molar-refractivity contribution in [3.63, 3.8) is 0 Å². The smallest absolute Gasteiger partial charge is 0.342 e. The highest BCUT2D eigenvalue weighted by molar-refractivity contribution is 7.81. The van der Waals surface area contributed by atoms with Gasteiger partial charge >= 0.3 is 5.97 Å². The van der Waals surface area contributed by atoms with E-state index in [0.29, 0.717) is 37.2 Å². The number of rotatable bonds is 4. The van der Waals surface area contributed by atoms with E-state index >= 15 is 0 Å². The van der Waals surface area contributed by atoms with Crippen LogP contribution < -0.4 is 4.74 Å². The van der Waals surface area contributed by atoms with E-state index in [2.05, 4.69) is 12.6 Å². The first-order valence-corrected chi connectivity index (χ1v) is 11.1. The number of ether oxygens (including phenoxy) is 3. The highest BCUT2D eigenvalue weighted by atomic mass is 32.1. The maximum Gasteiger partial charge on any atom is 0.342 e. The average molecular weight is 457 g/mol. The predicted octanol–water partition coefficient (Wildman–Crippen LogP) is 2.41. The second kappa shape index (κ2) is 12.3.